The molecule has 1 heterocycles. The Labute approximate surface area is 189 Å². The molecule has 0 aliphatic rings. The molecule has 0 aliphatic carbocycles. The monoisotopic (exact) mass is 523 g/mol. The van der Waals surface area contributed by atoms with E-state index in [-0.39, 0.29) is 24.0 Å². The number of rotatable bonds is 7. The predicted molar refractivity (Wildman–Crippen MR) is 126 cm³/mol. The average Bonchev–Trinajstić information content (AvgIpc) is 2.85. The summed E-state index contributed by atoms with van der Waals surface area (Å²) in [6.07, 6.45) is 0. The quantitative estimate of drug-likeness (QED) is 0.323. The lowest BCUT2D eigenvalue weighted by Crippen LogP contribution is -2.37. The van der Waals surface area contributed by atoms with Gasteiger partial charge in [-0.2, -0.15) is 0 Å². The van der Waals surface area contributed by atoms with Crippen molar-refractivity contribution in [2.75, 3.05) is 20.6 Å². The number of halogens is 3. The highest BCUT2D eigenvalue weighted by atomic mass is 127. The van der Waals surface area contributed by atoms with Gasteiger partial charge in [-0.1, -0.05) is 47.5 Å². The summed E-state index contributed by atoms with van der Waals surface area (Å²) < 4.78 is 1.87. The van der Waals surface area contributed by atoms with Crippen LogP contribution in [0.1, 0.15) is 23.7 Å². The van der Waals surface area contributed by atoms with E-state index in [9.17, 15) is 0 Å². The van der Waals surface area contributed by atoms with Crippen LogP contribution < -0.4 is 10.6 Å². The molecule has 0 amide bonds. The van der Waals surface area contributed by atoms with E-state index in [0.717, 1.165) is 24.7 Å². The first kappa shape index (κ1) is 24.1. The van der Waals surface area contributed by atoms with E-state index in [1.807, 2.05) is 24.6 Å². The van der Waals surface area contributed by atoms with Crippen LogP contribution in [0.25, 0.3) is 0 Å². The standard InChI is InChI=1S/C19H27Cl2N5.HI/c1-5-22-19(24-12-16-10-17(20)18(21)26(16)4)23-11-14-8-6-7-9-15(14)13-25(2)3;/h6-10H,5,11-13H2,1-4H3,(H2,22,23,24);1H. The van der Waals surface area contributed by atoms with E-state index in [0.29, 0.717) is 23.3 Å². The Bertz CT molecular complexity index is 759. The van der Waals surface area contributed by atoms with Crippen molar-refractivity contribution in [2.24, 2.45) is 12.0 Å². The molecule has 27 heavy (non-hydrogen) atoms. The molecule has 8 heteroatoms. The number of nitrogens with zero attached hydrogens (tertiary/aromatic N) is 3. The largest absolute Gasteiger partial charge is 0.357 e. The van der Waals surface area contributed by atoms with Gasteiger partial charge in [-0.25, -0.2) is 4.99 Å². The van der Waals surface area contributed by atoms with Gasteiger partial charge >= 0.3 is 0 Å². The zero-order chi connectivity index (χ0) is 19.1. The molecule has 0 atom stereocenters. The van der Waals surface area contributed by atoms with Crippen molar-refractivity contribution >= 4 is 53.1 Å². The first-order valence-electron chi connectivity index (χ1n) is 8.65. The van der Waals surface area contributed by atoms with Gasteiger partial charge in [0.25, 0.3) is 0 Å². The van der Waals surface area contributed by atoms with E-state index < -0.39 is 0 Å². The predicted octanol–water partition coefficient (Wildman–Crippen LogP) is 4.27. The Morgan fingerprint density at radius 1 is 1.15 bits per heavy atom. The van der Waals surface area contributed by atoms with Crippen molar-refractivity contribution in [1.82, 2.24) is 20.1 Å². The summed E-state index contributed by atoms with van der Waals surface area (Å²) in [6.45, 7) is 4.95. The molecular weight excluding hydrogens is 496 g/mol. The molecule has 2 rings (SSSR count). The summed E-state index contributed by atoms with van der Waals surface area (Å²) in [5.41, 5.74) is 3.51. The van der Waals surface area contributed by atoms with E-state index in [1.165, 1.54) is 11.1 Å². The van der Waals surface area contributed by atoms with Crippen molar-refractivity contribution < 1.29 is 0 Å². The van der Waals surface area contributed by atoms with Gasteiger partial charge < -0.3 is 20.1 Å². The third kappa shape index (κ3) is 7.18. The highest BCUT2D eigenvalue weighted by molar-refractivity contribution is 14.0. The summed E-state index contributed by atoms with van der Waals surface area (Å²) in [7, 11) is 6.04. The van der Waals surface area contributed by atoms with Gasteiger partial charge in [0.05, 0.1) is 18.1 Å². The van der Waals surface area contributed by atoms with Crippen molar-refractivity contribution in [3.05, 3.63) is 57.3 Å². The Balaban J connectivity index is 0.00000364. The first-order chi connectivity index (χ1) is 12.4. The molecule has 2 aromatic rings. The summed E-state index contributed by atoms with van der Waals surface area (Å²) >= 11 is 12.2. The number of aliphatic imine (C=N–C) groups is 1. The lowest BCUT2D eigenvalue weighted by molar-refractivity contribution is 0.401. The van der Waals surface area contributed by atoms with Gasteiger partial charge in [0.15, 0.2) is 5.96 Å². The zero-order valence-corrected chi connectivity index (χ0v) is 20.1. The molecule has 150 valence electrons. The third-order valence-electron chi connectivity index (χ3n) is 4.01. The fourth-order valence-electron chi connectivity index (χ4n) is 2.65. The minimum absolute atomic E-state index is 0. The molecule has 0 spiro atoms. The van der Waals surface area contributed by atoms with Crippen LogP contribution in [-0.4, -0.2) is 36.1 Å². The highest BCUT2D eigenvalue weighted by Crippen LogP contribution is 2.24. The van der Waals surface area contributed by atoms with Gasteiger partial charge in [-0.05, 0) is 38.2 Å². The van der Waals surface area contributed by atoms with Crippen LogP contribution in [0.4, 0.5) is 0 Å². The molecule has 0 radical (unpaired) electrons. The maximum absolute atomic E-state index is 6.13. The molecule has 0 saturated heterocycles. The Morgan fingerprint density at radius 2 is 1.81 bits per heavy atom. The van der Waals surface area contributed by atoms with Crippen LogP contribution in [0.5, 0.6) is 0 Å². The van der Waals surface area contributed by atoms with Crippen molar-refractivity contribution in [2.45, 2.75) is 26.6 Å². The first-order valence-corrected chi connectivity index (χ1v) is 9.41. The minimum Gasteiger partial charge on any atom is -0.357 e. The number of aromatic nitrogens is 1. The number of guanidine groups is 1. The topological polar surface area (TPSA) is 44.6 Å². The van der Waals surface area contributed by atoms with Gasteiger partial charge in [-0.3, -0.25) is 0 Å². The number of nitrogens with one attached hydrogen (secondary N) is 2. The molecule has 0 bridgehead atoms. The van der Waals surface area contributed by atoms with E-state index in [4.69, 9.17) is 28.2 Å². The number of hydrogen-bond acceptors (Lipinski definition) is 2. The van der Waals surface area contributed by atoms with Crippen LogP contribution in [0.2, 0.25) is 10.2 Å². The molecule has 1 aromatic carbocycles. The number of hydrogen-bond donors (Lipinski definition) is 2. The van der Waals surface area contributed by atoms with Gasteiger partial charge in [-0.15, -0.1) is 24.0 Å². The van der Waals surface area contributed by atoms with Crippen LogP contribution >= 0.6 is 47.2 Å². The van der Waals surface area contributed by atoms with Crippen LogP contribution in [0, 0.1) is 0 Å². The Morgan fingerprint density at radius 3 is 2.37 bits per heavy atom. The van der Waals surface area contributed by atoms with Crippen LogP contribution in [0.15, 0.2) is 35.3 Å². The average molecular weight is 524 g/mol. The molecule has 0 saturated carbocycles. The van der Waals surface area contributed by atoms with Gasteiger partial charge in [0, 0.05) is 25.8 Å². The summed E-state index contributed by atoms with van der Waals surface area (Å²) in [5.74, 6) is 0.764. The SMILES string of the molecule is CCNC(=NCc1ccccc1CN(C)C)NCc1cc(Cl)c(Cl)n1C.I. The second-order valence-corrected chi connectivity index (χ2v) is 7.15. The maximum atomic E-state index is 6.13. The fourth-order valence-corrected chi connectivity index (χ4v) is 3.06. The molecule has 2 N–H and O–H groups in total. The molecule has 0 fully saturated rings. The minimum atomic E-state index is 0. The lowest BCUT2D eigenvalue weighted by Gasteiger charge is -2.15. The third-order valence-corrected chi connectivity index (χ3v) is 4.85. The zero-order valence-electron chi connectivity index (χ0n) is 16.2. The van der Waals surface area contributed by atoms with Gasteiger partial charge in [0.2, 0.25) is 0 Å². The lowest BCUT2D eigenvalue weighted by atomic mass is 10.1. The van der Waals surface area contributed by atoms with Crippen molar-refractivity contribution in [3.63, 3.8) is 0 Å². The molecule has 0 unspecified atom stereocenters. The van der Waals surface area contributed by atoms with Crippen LogP contribution in [-0.2, 0) is 26.7 Å². The summed E-state index contributed by atoms with van der Waals surface area (Å²) in [4.78, 5) is 6.89. The number of benzene rings is 1. The Kier molecular flexibility index (Phi) is 10.5. The summed E-state index contributed by atoms with van der Waals surface area (Å²) in [5, 5.41) is 7.72. The van der Waals surface area contributed by atoms with E-state index in [1.54, 1.807) is 0 Å². The maximum Gasteiger partial charge on any atom is 0.191 e. The molecule has 5 nitrogen and oxygen atoms in total. The highest BCUT2D eigenvalue weighted by Gasteiger charge is 2.09. The van der Waals surface area contributed by atoms with E-state index >= 15 is 0 Å². The second kappa shape index (κ2) is 11.8. The normalized spacial score (nSPS) is 11.4. The molecule has 0 aliphatic heterocycles. The second-order valence-electron chi connectivity index (χ2n) is 6.39. The van der Waals surface area contributed by atoms with Crippen molar-refractivity contribution in [3.8, 4) is 0 Å². The Hall–Kier alpha value is -0.960. The van der Waals surface area contributed by atoms with Gasteiger partial charge in [0.1, 0.15) is 5.15 Å². The molecular formula is C19H28Cl2IN5. The van der Waals surface area contributed by atoms with Crippen LogP contribution in [0.3, 0.4) is 0 Å². The van der Waals surface area contributed by atoms with E-state index in [2.05, 4.69) is 53.9 Å². The molecule has 1 aromatic heterocycles. The smallest absolute Gasteiger partial charge is 0.191 e. The fraction of sp³-hybridized carbons (Fsp3) is 0.421. The van der Waals surface area contributed by atoms with Crippen molar-refractivity contribution in [1.29, 1.82) is 0 Å². The summed E-state index contributed by atoms with van der Waals surface area (Å²) in [6, 6.07) is 10.3.